The van der Waals surface area contributed by atoms with Crippen molar-refractivity contribution in [1.29, 1.82) is 0 Å². The highest BCUT2D eigenvalue weighted by atomic mass is 32.2. The van der Waals surface area contributed by atoms with E-state index in [1.54, 1.807) is 17.3 Å². The van der Waals surface area contributed by atoms with E-state index in [0.717, 1.165) is 17.2 Å². The third-order valence-electron chi connectivity index (χ3n) is 1.93. The van der Waals surface area contributed by atoms with Gasteiger partial charge in [-0.3, -0.25) is 0 Å². The molecule has 2 rings (SSSR count). The number of aliphatic hydroxyl groups is 1. The Hall–Kier alpha value is -0.390. The molecule has 13 heavy (non-hydrogen) atoms. The number of hydrogen-bond acceptors (Lipinski definition) is 5. The largest absolute Gasteiger partial charge is 0.392 e. The molecule has 1 aromatic heterocycles. The lowest BCUT2D eigenvalue weighted by molar-refractivity contribution is 0.170. The maximum absolute atomic E-state index is 9.65. The summed E-state index contributed by atoms with van der Waals surface area (Å²) in [5.41, 5.74) is 1.72. The summed E-state index contributed by atoms with van der Waals surface area (Å²) < 4.78 is 0.944. The summed E-state index contributed by atoms with van der Waals surface area (Å²) in [4.78, 5) is 0. The standard InChI is InChI=1S/C8H10N2OS2/c11-6-3-1-2-4-7(6)13-8-10-9-5-12-8/h1-2,5-7,11H,3-4H2/t6-,7?/m1/s1. The van der Waals surface area contributed by atoms with Gasteiger partial charge in [-0.15, -0.1) is 10.2 Å². The van der Waals surface area contributed by atoms with Crippen LogP contribution in [0.4, 0.5) is 0 Å². The van der Waals surface area contributed by atoms with E-state index in [1.165, 1.54) is 11.3 Å². The van der Waals surface area contributed by atoms with Gasteiger partial charge in [0, 0.05) is 5.25 Å². The first-order valence-electron chi connectivity index (χ1n) is 4.12. The van der Waals surface area contributed by atoms with E-state index in [2.05, 4.69) is 16.3 Å². The summed E-state index contributed by atoms with van der Waals surface area (Å²) in [6.45, 7) is 0. The monoisotopic (exact) mass is 214 g/mol. The average molecular weight is 214 g/mol. The van der Waals surface area contributed by atoms with E-state index in [-0.39, 0.29) is 11.4 Å². The molecular formula is C8H10N2OS2. The maximum Gasteiger partial charge on any atom is 0.174 e. The van der Waals surface area contributed by atoms with E-state index in [1.807, 2.05) is 6.08 Å². The number of aliphatic hydroxyl groups excluding tert-OH is 1. The highest BCUT2D eigenvalue weighted by Crippen LogP contribution is 2.31. The average Bonchev–Trinajstić information content (AvgIpc) is 2.61. The zero-order chi connectivity index (χ0) is 9.10. The lowest BCUT2D eigenvalue weighted by Crippen LogP contribution is -2.24. The van der Waals surface area contributed by atoms with Crippen LogP contribution in [0.1, 0.15) is 12.8 Å². The molecule has 3 nitrogen and oxygen atoms in total. The van der Waals surface area contributed by atoms with Crippen LogP contribution in [0.3, 0.4) is 0 Å². The van der Waals surface area contributed by atoms with Gasteiger partial charge in [-0.1, -0.05) is 35.3 Å². The Kier molecular flexibility index (Phi) is 2.97. The molecule has 0 fully saturated rings. The minimum absolute atomic E-state index is 0.237. The molecule has 0 saturated heterocycles. The van der Waals surface area contributed by atoms with Crippen LogP contribution in [0, 0.1) is 0 Å². The van der Waals surface area contributed by atoms with E-state index in [9.17, 15) is 5.11 Å². The molecule has 70 valence electrons. The Labute approximate surface area is 84.9 Å². The fourth-order valence-corrected chi connectivity index (χ4v) is 3.07. The fraction of sp³-hybridized carbons (Fsp3) is 0.500. The Morgan fingerprint density at radius 1 is 1.46 bits per heavy atom. The van der Waals surface area contributed by atoms with E-state index in [0.29, 0.717) is 0 Å². The zero-order valence-corrected chi connectivity index (χ0v) is 8.59. The fourth-order valence-electron chi connectivity index (χ4n) is 1.25. The highest BCUT2D eigenvalue weighted by molar-refractivity contribution is 8.01. The number of allylic oxidation sites excluding steroid dienone is 1. The van der Waals surface area contributed by atoms with Crippen molar-refractivity contribution in [2.45, 2.75) is 28.5 Å². The van der Waals surface area contributed by atoms with Gasteiger partial charge in [-0.25, -0.2) is 0 Å². The first-order valence-corrected chi connectivity index (χ1v) is 5.88. The summed E-state index contributed by atoms with van der Waals surface area (Å²) in [5, 5.41) is 17.6. The number of aromatic nitrogens is 2. The molecule has 0 radical (unpaired) electrons. The van der Waals surface area contributed by atoms with Gasteiger partial charge < -0.3 is 5.11 Å². The van der Waals surface area contributed by atoms with Crippen LogP contribution in [-0.2, 0) is 0 Å². The number of thioether (sulfide) groups is 1. The molecule has 0 spiro atoms. The van der Waals surface area contributed by atoms with Crippen LogP contribution in [0.15, 0.2) is 22.0 Å². The van der Waals surface area contributed by atoms with Crippen LogP contribution < -0.4 is 0 Å². The van der Waals surface area contributed by atoms with E-state index in [4.69, 9.17) is 0 Å². The van der Waals surface area contributed by atoms with Crippen molar-refractivity contribution in [3.63, 3.8) is 0 Å². The van der Waals surface area contributed by atoms with Gasteiger partial charge in [0.05, 0.1) is 6.10 Å². The van der Waals surface area contributed by atoms with Crippen molar-refractivity contribution in [3.05, 3.63) is 17.7 Å². The normalized spacial score (nSPS) is 27.8. The molecule has 0 bridgehead atoms. The summed E-state index contributed by atoms with van der Waals surface area (Å²) >= 11 is 3.15. The van der Waals surface area contributed by atoms with Crippen molar-refractivity contribution >= 4 is 23.1 Å². The SMILES string of the molecule is O[C@@H]1CC=CCC1Sc1nncs1. The summed E-state index contributed by atoms with van der Waals surface area (Å²) in [5.74, 6) is 0. The molecule has 0 amide bonds. The molecule has 1 aliphatic rings. The Balaban J connectivity index is 1.98. The molecule has 1 aromatic rings. The van der Waals surface area contributed by atoms with Crippen molar-refractivity contribution < 1.29 is 5.11 Å². The predicted octanol–water partition coefficient (Wildman–Crippen LogP) is 1.71. The van der Waals surface area contributed by atoms with Crippen molar-refractivity contribution in [1.82, 2.24) is 10.2 Å². The molecule has 1 unspecified atom stereocenters. The van der Waals surface area contributed by atoms with E-state index < -0.39 is 0 Å². The second-order valence-corrected chi connectivity index (χ2v) is 5.19. The highest BCUT2D eigenvalue weighted by Gasteiger charge is 2.22. The molecular weight excluding hydrogens is 204 g/mol. The van der Waals surface area contributed by atoms with Gasteiger partial charge in [-0.2, -0.15) is 0 Å². The van der Waals surface area contributed by atoms with Gasteiger partial charge in [0.2, 0.25) is 0 Å². The lowest BCUT2D eigenvalue weighted by Gasteiger charge is -2.21. The first kappa shape index (κ1) is 9.18. The Morgan fingerprint density at radius 2 is 2.31 bits per heavy atom. The number of rotatable bonds is 2. The molecule has 1 N–H and O–H groups in total. The molecule has 2 atom stereocenters. The van der Waals surface area contributed by atoms with Crippen LogP contribution >= 0.6 is 23.1 Å². The molecule has 1 aliphatic carbocycles. The zero-order valence-electron chi connectivity index (χ0n) is 6.96. The summed E-state index contributed by atoms with van der Waals surface area (Å²) in [6.07, 6.45) is 5.59. The van der Waals surface area contributed by atoms with Crippen LogP contribution in [0.25, 0.3) is 0 Å². The third-order valence-corrected chi connectivity index (χ3v) is 4.09. The lowest BCUT2D eigenvalue weighted by atomic mass is 10.0. The predicted molar refractivity (Wildman–Crippen MR) is 53.9 cm³/mol. The second kappa shape index (κ2) is 4.21. The van der Waals surface area contributed by atoms with Crippen LogP contribution in [0.2, 0.25) is 0 Å². The third kappa shape index (κ3) is 2.30. The van der Waals surface area contributed by atoms with Gasteiger partial charge in [-0.05, 0) is 12.8 Å². The van der Waals surface area contributed by atoms with Crippen LogP contribution in [0.5, 0.6) is 0 Å². The molecule has 1 heterocycles. The Bertz CT molecular complexity index is 286. The number of nitrogens with zero attached hydrogens (tertiary/aromatic N) is 2. The van der Waals surface area contributed by atoms with Crippen molar-refractivity contribution in [2.24, 2.45) is 0 Å². The molecule has 0 aliphatic heterocycles. The van der Waals surface area contributed by atoms with Gasteiger partial charge in [0.1, 0.15) is 5.51 Å². The topological polar surface area (TPSA) is 46.0 Å². The van der Waals surface area contributed by atoms with Gasteiger partial charge >= 0.3 is 0 Å². The van der Waals surface area contributed by atoms with Crippen LogP contribution in [-0.4, -0.2) is 26.7 Å². The van der Waals surface area contributed by atoms with Gasteiger partial charge in [0.15, 0.2) is 4.34 Å². The molecule has 0 aromatic carbocycles. The minimum Gasteiger partial charge on any atom is -0.392 e. The maximum atomic E-state index is 9.65. The van der Waals surface area contributed by atoms with E-state index >= 15 is 0 Å². The quantitative estimate of drug-likeness (QED) is 0.761. The summed E-state index contributed by atoms with van der Waals surface area (Å²) in [6, 6.07) is 0. The Morgan fingerprint density at radius 3 is 3.00 bits per heavy atom. The number of hydrogen-bond donors (Lipinski definition) is 1. The molecule has 5 heteroatoms. The molecule has 0 saturated carbocycles. The van der Waals surface area contributed by atoms with Crippen molar-refractivity contribution in [2.75, 3.05) is 0 Å². The minimum atomic E-state index is -0.237. The van der Waals surface area contributed by atoms with Crippen molar-refractivity contribution in [3.8, 4) is 0 Å². The smallest absolute Gasteiger partial charge is 0.174 e. The second-order valence-electron chi connectivity index (χ2n) is 2.87. The summed E-state index contributed by atoms with van der Waals surface area (Å²) in [7, 11) is 0. The van der Waals surface area contributed by atoms with Gasteiger partial charge in [0.25, 0.3) is 0 Å². The first-order chi connectivity index (χ1) is 6.36.